The van der Waals surface area contributed by atoms with Crippen molar-refractivity contribution in [2.24, 2.45) is 5.92 Å². The van der Waals surface area contributed by atoms with Crippen LogP contribution in [-0.4, -0.2) is 32.5 Å². The van der Waals surface area contributed by atoms with Gasteiger partial charge in [-0.05, 0) is 38.1 Å². The first-order valence-electron chi connectivity index (χ1n) is 6.51. The topological polar surface area (TPSA) is 46.2 Å². The van der Waals surface area contributed by atoms with Crippen LogP contribution in [0, 0.1) is 5.92 Å². The maximum Gasteiger partial charge on any atom is 0.150 e. The third-order valence-electron chi connectivity index (χ3n) is 3.36. The van der Waals surface area contributed by atoms with Crippen LogP contribution >= 0.6 is 0 Å². The summed E-state index contributed by atoms with van der Waals surface area (Å²) in [6.07, 6.45) is 5.64. The van der Waals surface area contributed by atoms with Gasteiger partial charge in [0.2, 0.25) is 0 Å². The molecule has 0 spiro atoms. The van der Waals surface area contributed by atoms with Crippen LogP contribution in [0.1, 0.15) is 46.0 Å². The highest BCUT2D eigenvalue weighted by Gasteiger charge is 2.21. The van der Waals surface area contributed by atoms with E-state index < -0.39 is 9.84 Å². The lowest BCUT2D eigenvalue weighted by atomic mass is 10.0. The molecule has 0 aromatic carbocycles. The van der Waals surface area contributed by atoms with Gasteiger partial charge in [-0.25, -0.2) is 8.42 Å². The second kappa shape index (κ2) is 6.60. The van der Waals surface area contributed by atoms with Gasteiger partial charge in [-0.3, -0.25) is 0 Å². The highest BCUT2D eigenvalue weighted by atomic mass is 32.2. The average molecular weight is 247 g/mol. The van der Waals surface area contributed by atoms with Crippen LogP contribution in [-0.2, 0) is 9.84 Å². The standard InChI is InChI=1S/C12H25NO2S/c1-3-11(10-13-12-7-8-12)6-5-9-16(14,15)4-2/h11-13H,3-10H2,1-2H3. The molecule has 4 heteroatoms. The zero-order valence-corrected chi connectivity index (χ0v) is 11.4. The molecule has 1 aliphatic rings. The second-order valence-electron chi connectivity index (χ2n) is 4.84. The van der Waals surface area contributed by atoms with Crippen molar-refractivity contribution in [3.05, 3.63) is 0 Å². The Morgan fingerprint density at radius 2 is 2.00 bits per heavy atom. The Morgan fingerprint density at radius 1 is 1.31 bits per heavy atom. The van der Waals surface area contributed by atoms with E-state index in [0.717, 1.165) is 31.8 Å². The summed E-state index contributed by atoms with van der Waals surface area (Å²) in [5.74, 6) is 1.29. The smallest absolute Gasteiger partial charge is 0.150 e. The molecule has 1 fully saturated rings. The molecule has 0 saturated heterocycles. The Labute approximate surface area is 99.9 Å². The molecular weight excluding hydrogens is 222 g/mol. The highest BCUT2D eigenvalue weighted by Crippen LogP contribution is 2.20. The zero-order chi connectivity index (χ0) is 12.0. The minimum atomic E-state index is -2.76. The summed E-state index contributed by atoms with van der Waals surface area (Å²) < 4.78 is 22.7. The highest BCUT2D eigenvalue weighted by molar-refractivity contribution is 7.91. The fourth-order valence-electron chi connectivity index (χ4n) is 1.81. The van der Waals surface area contributed by atoms with Crippen molar-refractivity contribution in [3.63, 3.8) is 0 Å². The number of sulfone groups is 1. The fourth-order valence-corrected chi connectivity index (χ4v) is 2.70. The lowest BCUT2D eigenvalue weighted by Gasteiger charge is -2.15. The molecule has 0 radical (unpaired) electrons. The van der Waals surface area contributed by atoms with Crippen molar-refractivity contribution in [3.8, 4) is 0 Å². The summed E-state index contributed by atoms with van der Waals surface area (Å²) in [6.45, 7) is 4.97. The van der Waals surface area contributed by atoms with E-state index in [1.54, 1.807) is 6.92 Å². The summed E-state index contributed by atoms with van der Waals surface area (Å²) in [5.41, 5.74) is 0. The van der Waals surface area contributed by atoms with E-state index in [2.05, 4.69) is 12.2 Å². The zero-order valence-electron chi connectivity index (χ0n) is 10.5. The average Bonchev–Trinajstić information content (AvgIpc) is 3.07. The van der Waals surface area contributed by atoms with Crippen molar-refractivity contribution in [2.45, 2.75) is 52.0 Å². The van der Waals surface area contributed by atoms with E-state index in [-0.39, 0.29) is 5.75 Å². The monoisotopic (exact) mass is 247 g/mol. The first-order chi connectivity index (χ1) is 7.57. The van der Waals surface area contributed by atoms with Gasteiger partial charge < -0.3 is 5.32 Å². The van der Waals surface area contributed by atoms with Gasteiger partial charge in [0.25, 0.3) is 0 Å². The number of nitrogens with one attached hydrogen (secondary N) is 1. The molecule has 3 nitrogen and oxygen atoms in total. The second-order valence-corrected chi connectivity index (χ2v) is 7.31. The van der Waals surface area contributed by atoms with Crippen LogP contribution in [0.5, 0.6) is 0 Å². The molecule has 1 N–H and O–H groups in total. The van der Waals surface area contributed by atoms with Crippen molar-refractivity contribution in [1.29, 1.82) is 0 Å². The molecular formula is C12H25NO2S. The quantitative estimate of drug-likeness (QED) is 0.677. The molecule has 96 valence electrons. The van der Waals surface area contributed by atoms with Gasteiger partial charge in [0, 0.05) is 11.8 Å². The van der Waals surface area contributed by atoms with Crippen LogP contribution < -0.4 is 5.32 Å². The van der Waals surface area contributed by atoms with Gasteiger partial charge >= 0.3 is 0 Å². The molecule has 0 aliphatic heterocycles. The normalized spacial score (nSPS) is 18.6. The Bertz CT molecular complexity index is 283. The van der Waals surface area contributed by atoms with Crippen LogP contribution in [0.2, 0.25) is 0 Å². The van der Waals surface area contributed by atoms with Crippen LogP contribution in [0.15, 0.2) is 0 Å². The lowest BCUT2D eigenvalue weighted by Crippen LogP contribution is -2.24. The minimum absolute atomic E-state index is 0.282. The van der Waals surface area contributed by atoms with Crippen molar-refractivity contribution in [2.75, 3.05) is 18.1 Å². The molecule has 0 amide bonds. The van der Waals surface area contributed by atoms with E-state index in [9.17, 15) is 8.42 Å². The number of rotatable bonds is 9. The molecule has 1 unspecified atom stereocenters. The minimum Gasteiger partial charge on any atom is -0.314 e. The third kappa shape index (κ3) is 5.85. The van der Waals surface area contributed by atoms with Gasteiger partial charge in [-0.1, -0.05) is 20.3 Å². The predicted octanol–water partition coefficient (Wildman–Crippen LogP) is 1.98. The first-order valence-corrected chi connectivity index (χ1v) is 8.33. The molecule has 1 aliphatic carbocycles. The molecule has 0 bridgehead atoms. The van der Waals surface area contributed by atoms with Crippen molar-refractivity contribution >= 4 is 9.84 Å². The molecule has 1 saturated carbocycles. The van der Waals surface area contributed by atoms with E-state index in [0.29, 0.717) is 11.7 Å². The molecule has 1 atom stereocenters. The van der Waals surface area contributed by atoms with Crippen molar-refractivity contribution in [1.82, 2.24) is 5.32 Å². The van der Waals surface area contributed by atoms with Crippen molar-refractivity contribution < 1.29 is 8.42 Å². The number of hydrogen-bond donors (Lipinski definition) is 1. The summed E-state index contributed by atoms with van der Waals surface area (Å²) in [4.78, 5) is 0. The number of hydrogen-bond acceptors (Lipinski definition) is 3. The summed E-state index contributed by atoms with van der Waals surface area (Å²) in [7, 11) is -2.76. The Balaban J connectivity index is 2.12. The molecule has 0 aromatic heterocycles. The molecule has 0 heterocycles. The fraction of sp³-hybridized carbons (Fsp3) is 1.00. The van der Waals surface area contributed by atoms with E-state index in [4.69, 9.17) is 0 Å². The lowest BCUT2D eigenvalue weighted by molar-refractivity contribution is 0.427. The van der Waals surface area contributed by atoms with Crippen LogP contribution in [0.25, 0.3) is 0 Å². The van der Waals surface area contributed by atoms with Gasteiger partial charge in [0.1, 0.15) is 9.84 Å². The largest absolute Gasteiger partial charge is 0.314 e. The Hall–Kier alpha value is -0.0900. The Morgan fingerprint density at radius 3 is 2.50 bits per heavy atom. The molecule has 16 heavy (non-hydrogen) atoms. The van der Waals surface area contributed by atoms with E-state index in [1.807, 2.05) is 0 Å². The van der Waals surface area contributed by atoms with E-state index >= 15 is 0 Å². The van der Waals surface area contributed by atoms with Gasteiger partial charge in [-0.15, -0.1) is 0 Å². The van der Waals surface area contributed by atoms with Gasteiger partial charge in [0.05, 0.1) is 5.75 Å². The third-order valence-corrected chi connectivity index (χ3v) is 5.15. The Kier molecular flexibility index (Phi) is 5.76. The van der Waals surface area contributed by atoms with Gasteiger partial charge in [0.15, 0.2) is 0 Å². The van der Waals surface area contributed by atoms with Crippen LogP contribution in [0.4, 0.5) is 0 Å². The maximum absolute atomic E-state index is 11.3. The van der Waals surface area contributed by atoms with E-state index in [1.165, 1.54) is 12.8 Å². The summed E-state index contributed by atoms with van der Waals surface area (Å²) >= 11 is 0. The first kappa shape index (κ1) is 14.0. The summed E-state index contributed by atoms with van der Waals surface area (Å²) in [5, 5.41) is 3.52. The van der Waals surface area contributed by atoms with Crippen LogP contribution in [0.3, 0.4) is 0 Å². The molecule has 0 aromatic rings. The molecule has 1 rings (SSSR count). The predicted molar refractivity (Wildman–Crippen MR) is 68.4 cm³/mol. The summed E-state index contributed by atoms with van der Waals surface area (Å²) in [6, 6.07) is 0.758. The SMILES string of the molecule is CCC(CCCS(=O)(=O)CC)CNC1CC1. The maximum atomic E-state index is 11.3. The van der Waals surface area contributed by atoms with Gasteiger partial charge in [-0.2, -0.15) is 0 Å².